The van der Waals surface area contributed by atoms with Gasteiger partial charge in [-0.2, -0.15) is 4.57 Å². The van der Waals surface area contributed by atoms with Crippen LogP contribution in [0.25, 0.3) is 27.1 Å². The van der Waals surface area contributed by atoms with Crippen molar-refractivity contribution in [2.24, 2.45) is 0 Å². The van der Waals surface area contributed by atoms with Gasteiger partial charge < -0.3 is 24.4 Å². The minimum absolute atomic E-state index is 0.0858. The fraction of sp³-hybridized carbons (Fsp3) is 0.270. The smallest absolute Gasteiger partial charge is 0.328 e. The van der Waals surface area contributed by atoms with Crippen LogP contribution in [0.3, 0.4) is 0 Å². The largest absolute Gasteiger partial charge is 0.748 e. The number of benzene rings is 4. The minimum atomic E-state index is -4.38. The van der Waals surface area contributed by atoms with Crippen LogP contribution in [-0.2, 0) is 31.0 Å². The van der Waals surface area contributed by atoms with Crippen molar-refractivity contribution in [1.29, 1.82) is 0 Å². The summed E-state index contributed by atoms with van der Waals surface area (Å²) in [5, 5.41) is 7.34. The van der Waals surface area contributed by atoms with Crippen LogP contribution in [-0.4, -0.2) is 56.5 Å². The van der Waals surface area contributed by atoms with Gasteiger partial charge in [0.05, 0.1) is 52.1 Å². The van der Waals surface area contributed by atoms with Gasteiger partial charge >= 0.3 is 5.97 Å². The topological polar surface area (TPSA) is 123 Å². The molecule has 266 valence electrons. The summed E-state index contributed by atoms with van der Waals surface area (Å²) < 4.78 is 43.0. The first-order chi connectivity index (χ1) is 24.4. The van der Waals surface area contributed by atoms with Gasteiger partial charge in [0.2, 0.25) is 11.4 Å². The zero-order valence-corrected chi connectivity index (χ0v) is 31.5. The number of anilines is 2. The summed E-state index contributed by atoms with van der Waals surface area (Å²) in [5.41, 5.74) is 3.56. The van der Waals surface area contributed by atoms with E-state index in [1.165, 1.54) is 11.8 Å². The predicted molar refractivity (Wildman–Crippen MR) is 204 cm³/mol. The Morgan fingerprint density at radius 1 is 1.10 bits per heavy atom. The summed E-state index contributed by atoms with van der Waals surface area (Å²) in [6, 6.07) is 24.6. The lowest BCUT2D eigenvalue weighted by Gasteiger charge is -2.30. The molecule has 10 nitrogen and oxygen atoms in total. The highest BCUT2D eigenvalue weighted by Gasteiger charge is 2.30. The number of carbonyl (C=O) groups excluding carboxylic acids is 2. The minimum Gasteiger partial charge on any atom is -0.748 e. The van der Waals surface area contributed by atoms with Crippen LogP contribution in [0.4, 0.5) is 11.4 Å². The molecule has 0 spiro atoms. The highest BCUT2D eigenvalue weighted by Crippen LogP contribution is 2.47. The number of amides is 1. The number of thiazole rings is 1. The molecule has 0 aliphatic carbocycles. The van der Waals surface area contributed by atoms with E-state index in [4.69, 9.17) is 16.3 Å². The summed E-state index contributed by atoms with van der Waals surface area (Å²) in [6.07, 6.45) is 2.18. The van der Waals surface area contributed by atoms with Crippen LogP contribution in [0.2, 0.25) is 5.02 Å². The van der Waals surface area contributed by atoms with E-state index in [0.29, 0.717) is 11.6 Å². The van der Waals surface area contributed by atoms with Gasteiger partial charge in [-0.3, -0.25) is 4.79 Å². The molecular weight excluding hydrogens is 728 g/mol. The first-order valence-corrected chi connectivity index (χ1v) is 20.0. The van der Waals surface area contributed by atoms with Gasteiger partial charge in [0.25, 0.3) is 5.01 Å². The standard InChI is InChI=1S/C37H37ClN4O6S3/c1-4-48-37(44)25(3)41(28-14-10-24(2)11-15-28)22-33(43)39-23-42-30-20-27(38)13-17-31(30)49-35(42)21-34-40(18-7-19-51(45,46)47)36-29-9-6-5-8-26(29)12-16-32(36)50-34/h5-6,8-17,20-21,25H,4,7,18-19,22-23H2,1-3H3,(H-,39,43,45,46,47). The Balaban J connectivity index is 1.32. The molecule has 5 aromatic rings. The van der Waals surface area contributed by atoms with Gasteiger partial charge in [-0.05, 0) is 68.6 Å². The third kappa shape index (κ3) is 8.50. The monoisotopic (exact) mass is 764 g/mol. The van der Waals surface area contributed by atoms with E-state index in [0.717, 1.165) is 52.9 Å². The first-order valence-electron chi connectivity index (χ1n) is 16.4. The van der Waals surface area contributed by atoms with E-state index < -0.39 is 27.9 Å². The lowest BCUT2D eigenvalue weighted by molar-refractivity contribution is -0.667. The Bertz CT molecular complexity index is 2240. The van der Waals surface area contributed by atoms with Gasteiger partial charge in [-0.1, -0.05) is 76.7 Å². The van der Waals surface area contributed by atoms with Gasteiger partial charge in [0.1, 0.15) is 10.7 Å². The molecule has 0 bridgehead atoms. The van der Waals surface area contributed by atoms with Crippen LogP contribution < -0.4 is 19.7 Å². The Morgan fingerprint density at radius 2 is 1.86 bits per heavy atom. The molecule has 1 aromatic heterocycles. The lowest BCUT2D eigenvalue weighted by atomic mass is 10.1. The molecule has 4 aromatic carbocycles. The normalized spacial score (nSPS) is 14.2. The number of ether oxygens (including phenoxy) is 1. The number of thioether (sulfide) groups is 1. The quantitative estimate of drug-likeness (QED) is 0.0795. The third-order valence-electron chi connectivity index (χ3n) is 8.54. The Hall–Kier alpha value is -4.14. The van der Waals surface area contributed by atoms with E-state index >= 15 is 0 Å². The Labute approximate surface area is 310 Å². The van der Waals surface area contributed by atoms with E-state index in [-0.39, 0.29) is 32.1 Å². The second-order valence-corrected chi connectivity index (χ2v) is 16.2. The summed E-state index contributed by atoms with van der Waals surface area (Å²) in [4.78, 5) is 31.0. The fourth-order valence-electron chi connectivity index (χ4n) is 6.01. The van der Waals surface area contributed by atoms with Crippen molar-refractivity contribution < 1.29 is 31.9 Å². The van der Waals surface area contributed by atoms with Gasteiger partial charge in [0, 0.05) is 27.8 Å². The Morgan fingerprint density at radius 3 is 2.61 bits per heavy atom. The van der Waals surface area contributed by atoms with Crippen molar-refractivity contribution in [3.8, 4) is 0 Å². The van der Waals surface area contributed by atoms with E-state index in [1.807, 2.05) is 84.6 Å². The highest BCUT2D eigenvalue weighted by molar-refractivity contribution is 8.03. The van der Waals surface area contributed by atoms with Crippen LogP contribution in [0.5, 0.6) is 0 Å². The van der Waals surface area contributed by atoms with Crippen molar-refractivity contribution in [1.82, 2.24) is 5.32 Å². The van der Waals surface area contributed by atoms with Gasteiger partial charge in [-0.25, -0.2) is 13.2 Å². The number of fused-ring (bicyclic) bond motifs is 4. The molecule has 2 heterocycles. The lowest BCUT2D eigenvalue weighted by Crippen LogP contribution is -2.47. The molecular formula is C37H37ClN4O6S3. The van der Waals surface area contributed by atoms with Crippen molar-refractivity contribution in [3.63, 3.8) is 0 Å². The summed E-state index contributed by atoms with van der Waals surface area (Å²) in [5.74, 6) is -1.19. The highest BCUT2D eigenvalue weighted by atomic mass is 35.5. The van der Waals surface area contributed by atoms with Crippen LogP contribution in [0, 0.1) is 6.92 Å². The average Bonchev–Trinajstić information content (AvgIpc) is 3.62. The van der Waals surface area contributed by atoms with Crippen molar-refractivity contribution in [3.05, 3.63) is 99.5 Å². The fourth-order valence-corrected chi connectivity index (χ4v) is 8.95. The molecule has 1 aliphatic heterocycles. The summed E-state index contributed by atoms with van der Waals surface area (Å²) in [6.45, 7) is 6.02. The molecule has 14 heteroatoms. The number of carbonyl (C=O) groups is 2. The molecule has 0 radical (unpaired) electrons. The van der Waals surface area contributed by atoms with Crippen molar-refractivity contribution >= 4 is 95.1 Å². The van der Waals surface area contributed by atoms with Crippen molar-refractivity contribution in [2.45, 2.75) is 44.7 Å². The number of hydrogen-bond donors (Lipinski definition) is 1. The second-order valence-electron chi connectivity index (χ2n) is 12.1. The summed E-state index contributed by atoms with van der Waals surface area (Å²) in [7, 11) is -4.38. The SMILES string of the molecule is CCOC(=O)C(C)N(CC(=O)NCN1C(=Cc2sc3ccc4ccccc4c3[n+]2CCCS(=O)(=O)[O-])Sc2ccc(Cl)cc21)c1ccc(C)cc1. The zero-order chi connectivity index (χ0) is 36.3. The molecule has 1 atom stereocenters. The number of hydrogen-bond acceptors (Lipinski definition) is 10. The Kier molecular flexibility index (Phi) is 11.2. The molecule has 0 fully saturated rings. The third-order valence-corrected chi connectivity index (χ3v) is 11.8. The molecule has 0 saturated heterocycles. The maximum absolute atomic E-state index is 13.6. The number of rotatable bonds is 13. The number of aryl methyl sites for hydroxylation is 2. The van der Waals surface area contributed by atoms with E-state index in [2.05, 4.69) is 22.0 Å². The number of aromatic nitrogens is 1. The predicted octanol–water partition coefficient (Wildman–Crippen LogP) is 6.68. The second kappa shape index (κ2) is 15.6. The molecule has 51 heavy (non-hydrogen) atoms. The number of halogens is 1. The zero-order valence-electron chi connectivity index (χ0n) is 28.3. The van der Waals surface area contributed by atoms with E-state index in [1.54, 1.807) is 30.1 Å². The molecule has 0 saturated carbocycles. The number of nitrogens with one attached hydrogen (secondary N) is 1. The van der Waals surface area contributed by atoms with Crippen LogP contribution in [0.1, 0.15) is 30.8 Å². The maximum atomic E-state index is 13.6. The van der Waals surface area contributed by atoms with Gasteiger partial charge in [0.15, 0.2) is 6.54 Å². The molecule has 1 amide bonds. The van der Waals surface area contributed by atoms with Crippen LogP contribution >= 0.6 is 34.7 Å². The number of esters is 1. The molecule has 1 N–H and O–H groups in total. The van der Waals surface area contributed by atoms with Crippen LogP contribution in [0.15, 0.2) is 88.8 Å². The molecule has 6 rings (SSSR count). The summed E-state index contributed by atoms with van der Waals surface area (Å²) >= 11 is 9.55. The van der Waals surface area contributed by atoms with Gasteiger partial charge in [-0.15, -0.1) is 0 Å². The van der Waals surface area contributed by atoms with Crippen molar-refractivity contribution in [2.75, 3.05) is 35.4 Å². The first kappa shape index (κ1) is 36.6. The molecule has 1 aliphatic rings. The molecule has 1 unspecified atom stereocenters. The average molecular weight is 765 g/mol. The maximum Gasteiger partial charge on any atom is 0.328 e. The van der Waals surface area contributed by atoms with E-state index in [9.17, 15) is 22.6 Å². The number of nitrogens with zero attached hydrogens (tertiary/aromatic N) is 3.